The van der Waals surface area contributed by atoms with Crippen LogP contribution in [0.25, 0.3) is 0 Å². The predicted molar refractivity (Wildman–Crippen MR) is 123 cm³/mol. The van der Waals surface area contributed by atoms with E-state index in [0.717, 1.165) is 4.47 Å². The van der Waals surface area contributed by atoms with Gasteiger partial charge in [-0.1, -0.05) is 27.5 Å². The molecule has 0 spiro atoms. The number of halogens is 3. The maximum absolute atomic E-state index is 12.9. The van der Waals surface area contributed by atoms with E-state index in [4.69, 9.17) is 11.6 Å². The number of benzene rings is 2. The summed E-state index contributed by atoms with van der Waals surface area (Å²) < 4.78 is 28.4. The number of nitrogens with zero attached hydrogens (tertiary/aromatic N) is 2. The van der Waals surface area contributed by atoms with Gasteiger partial charge in [-0.25, -0.2) is 13.8 Å². The molecule has 0 saturated carbocycles. The molecule has 2 aromatic carbocycles. The van der Waals surface area contributed by atoms with Gasteiger partial charge in [0.1, 0.15) is 11.8 Å². The lowest BCUT2D eigenvalue weighted by atomic mass is 10.2. The molecule has 0 radical (unpaired) electrons. The second-order valence-electron chi connectivity index (χ2n) is 6.29. The number of rotatable bonds is 5. The zero-order valence-electron chi connectivity index (χ0n) is 14.8. The van der Waals surface area contributed by atoms with Gasteiger partial charge in [-0.05, 0) is 71.8 Å². The van der Waals surface area contributed by atoms with Crippen LogP contribution in [0.4, 0.5) is 0 Å². The first kappa shape index (κ1) is 22.5. The molecule has 7 nitrogen and oxygen atoms in total. The highest BCUT2D eigenvalue weighted by Gasteiger charge is 2.39. The normalized spacial score (nSPS) is 17.7. The van der Waals surface area contributed by atoms with Crippen LogP contribution in [0.3, 0.4) is 0 Å². The maximum atomic E-state index is 12.9. The smallest absolute Gasteiger partial charge is 0.258 e. The maximum Gasteiger partial charge on any atom is 0.258 e. The van der Waals surface area contributed by atoms with E-state index >= 15 is 0 Å². The van der Waals surface area contributed by atoms with Crippen molar-refractivity contribution >= 4 is 72.3 Å². The van der Waals surface area contributed by atoms with E-state index in [1.165, 1.54) is 34.8 Å². The van der Waals surface area contributed by atoms with Crippen LogP contribution in [-0.2, 0) is 14.8 Å². The molecule has 0 bridgehead atoms. The van der Waals surface area contributed by atoms with E-state index in [1.54, 1.807) is 12.1 Å². The van der Waals surface area contributed by atoms with Crippen molar-refractivity contribution < 1.29 is 18.3 Å². The van der Waals surface area contributed by atoms with Gasteiger partial charge in [0.05, 0.1) is 14.7 Å². The lowest BCUT2D eigenvalue weighted by Gasteiger charge is -2.22. The summed E-state index contributed by atoms with van der Waals surface area (Å²) in [5, 5.41) is 14.4. The van der Waals surface area contributed by atoms with Crippen molar-refractivity contribution in [2.75, 3.05) is 6.54 Å². The zero-order chi connectivity index (χ0) is 21.2. The molecule has 1 saturated heterocycles. The summed E-state index contributed by atoms with van der Waals surface area (Å²) >= 11 is 11.1. The van der Waals surface area contributed by atoms with Crippen LogP contribution in [0, 0.1) is 3.57 Å². The molecule has 2 aromatic rings. The second-order valence-corrected chi connectivity index (χ2v) is 10.7. The standard InChI is InChI=1S/C18H16BrClIN3O4S/c19-12-8-11(17(25)15(21)9-12)10-22-23-18(26)16-2-1-7-24(16)29(27,28)14-5-3-13(20)4-6-14/h3-6,8-10,16,25H,1-2,7H2,(H,23,26)/b22-10-/t16-/m0/s1. The van der Waals surface area contributed by atoms with Crippen LogP contribution in [-0.4, -0.2) is 42.5 Å². The molecule has 1 heterocycles. The number of carbonyl (C=O) groups excluding carboxylic acids is 1. The number of aromatic hydroxyl groups is 1. The average Bonchev–Trinajstić information content (AvgIpc) is 3.16. The monoisotopic (exact) mass is 611 g/mol. The van der Waals surface area contributed by atoms with E-state index in [1.807, 2.05) is 22.6 Å². The third kappa shape index (κ3) is 5.10. The SMILES string of the molecule is O=C(N/N=C\c1cc(Br)cc(I)c1O)[C@@H]1CCCN1S(=O)(=O)c1ccc(Cl)cc1. The number of carbonyl (C=O) groups is 1. The molecule has 0 aromatic heterocycles. The number of hydrazone groups is 1. The lowest BCUT2D eigenvalue weighted by Crippen LogP contribution is -2.44. The molecule has 2 N–H and O–H groups in total. The van der Waals surface area contributed by atoms with Crippen LogP contribution in [0.15, 0.2) is 50.9 Å². The number of nitrogens with one attached hydrogen (secondary N) is 1. The fraction of sp³-hybridized carbons (Fsp3) is 0.222. The average molecular weight is 613 g/mol. The number of sulfonamides is 1. The number of phenols is 1. The molecule has 3 rings (SSSR count). The van der Waals surface area contributed by atoms with E-state index in [-0.39, 0.29) is 17.2 Å². The second kappa shape index (κ2) is 9.29. The minimum absolute atomic E-state index is 0.0413. The van der Waals surface area contributed by atoms with Crippen molar-refractivity contribution in [3.63, 3.8) is 0 Å². The van der Waals surface area contributed by atoms with Gasteiger partial charge in [-0.3, -0.25) is 4.79 Å². The summed E-state index contributed by atoms with van der Waals surface area (Å²) in [6.45, 7) is 0.247. The number of hydrogen-bond donors (Lipinski definition) is 2. The number of phenolic OH excluding ortho intramolecular Hbond substituents is 1. The highest BCUT2D eigenvalue weighted by molar-refractivity contribution is 14.1. The van der Waals surface area contributed by atoms with Gasteiger partial charge in [0.2, 0.25) is 10.0 Å². The van der Waals surface area contributed by atoms with E-state index in [2.05, 4.69) is 26.5 Å². The van der Waals surface area contributed by atoms with Gasteiger partial charge in [0.25, 0.3) is 5.91 Å². The Morgan fingerprint density at radius 3 is 2.72 bits per heavy atom. The Morgan fingerprint density at radius 1 is 1.34 bits per heavy atom. The Bertz CT molecular complexity index is 1060. The van der Waals surface area contributed by atoms with Crippen LogP contribution in [0.1, 0.15) is 18.4 Å². The summed E-state index contributed by atoms with van der Waals surface area (Å²) in [4.78, 5) is 12.7. The van der Waals surface area contributed by atoms with Crippen molar-refractivity contribution in [2.24, 2.45) is 5.10 Å². The molecule has 1 aliphatic heterocycles. The molecule has 11 heteroatoms. The molecule has 29 heavy (non-hydrogen) atoms. The minimum Gasteiger partial charge on any atom is -0.506 e. The van der Waals surface area contributed by atoms with Crippen LogP contribution >= 0.6 is 50.1 Å². The first-order chi connectivity index (χ1) is 13.7. The molecule has 1 aliphatic rings. The van der Waals surface area contributed by atoms with Crippen molar-refractivity contribution in [2.45, 2.75) is 23.8 Å². The van der Waals surface area contributed by atoms with Gasteiger partial charge >= 0.3 is 0 Å². The van der Waals surface area contributed by atoms with E-state index in [9.17, 15) is 18.3 Å². The molecule has 1 amide bonds. The number of amides is 1. The Hall–Kier alpha value is -1.21. The van der Waals surface area contributed by atoms with Crippen molar-refractivity contribution in [3.8, 4) is 5.75 Å². The first-order valence-electron chi connectivity index (χ1n) is 8.48. The third-order valence-corrected chi connectivity index (χ3v) is 7.82. The highest BCUT2D eigenvalue weighted by Crippen LogP contribution is 2.28. The quantitative estimate of drug-likeness (QED) is 0.306. The van der Waals surface area contributed by atoms with Crippen molar-refractivity contribution in [3.05, 3.63) is 55.0 Å². The Morgan fingerprint density at radius 2 is 2.03 bits per heavy atom. The van der Waals surface area contributed by atoms with Crippen LogP contribution < -0.4 is 5.43 Å². The Kier molecular flexibility index (Phi) is 7.20. The van der Waals surface area contributed by atoms with E-state index in [0.29, 0.717) is 27.0 Å². The summed E-state index contributed by atoms with van der Waals surface area (Å²) in [7, 11) is -3.83. The fourth-order valence-corrected chi connectivity index (χ4v) is 6.29. The molecule has 1 fully saturated rings. The van der Waals surface area contributed by atoms with Gasteiger partial charge in [0, 0.05) is 21.6 Å². The Balaban J connectivity index is 1.74. The summed E-state index contributed by atoms with van der Waals surface area (Å²) in [6, 6.07) is 8.36. The number of hydrogen-bond acceptors (Lipinski definition) is 5. The molecule has 1 atom stereocenters. The van der Waals surface area contributed by atoms with Crippen molar-refractivity contribution in [1.29, 1.82) is 0 Å². The summed E-state index contributed by atoms with van der Waals surface area (Å²) in [5.74, 6) is -0.486. The summed E-state index contributed by atoms with van der Waals surface area (Å²) in [6.07, 6.45) is 2.28. The zero-order valence-corrected chi connectivity index (χ0v) is 20.2. The van der Waals surface area contributed by atoms with Crippen LogP contribution in [0.2, 0.25) is 5.02 Å². The first-order valence-corrected chi connectivity index (χ1v) is 12.2. The van der Waals surface area contributed by atoms with Crippen LogP contribution in [0.5, 0.6) is 5.75 Å². The fourth-order valence-electron chi connectivity index (χ4n) is 2.96. The lowest BCUT2D eigenvalue weighted by molar-refractivity contribution is -0.124. The van der Waals surface area contributed by atoms with Gasteiger partial charge in [-0.15, -0.1) is 0 Å². The predicted octanol–water partition coefficient (Wildman–Crippen LogP) is 3.72. The third-order valence-electron chi connectivity index (χ3n) is 4.36. The van der Waals surface area contributed by atoms with Gasteiger partial charge in [-0.2, -0.15) is 9.41 Å². The largest absolute Gasteiger partial charge is 0.506 e. The Labute approximate surface area is 195 Å². The van der Waals surface area contributed by atoms with Gasteiger partial charge < -0.3 is 5.11 Å². The van der Waals surface area contributed by atoms with E-state index < -0.39 is 22.0 Å². The molecule has 0 aliphatic carbocycles. The topological polar surface area (TPSA) is 99.1 Å². The molecule has 154 valence electrons. The minimum atomic E-state index is -3.83. The van der Waals surface area contributed by atoms with Crippen molar-refractivity contribution in [1.82, 2.24) is 9.73 Å². The highest BCUT2D eigenvalue weighted by atomic mass is 127. The molecule has 0 unspecified atom stereocenters. The molecular formula is C18H16BrClIN3O4S. The summed E-state index contributed by atoms with van der Waals surface area (Å²) in [5.41, 5.74) is 2.79. The molecular weight excluding hydrogens is 597 g/mol. The van der Waals surface area contributed by atoms with Gasteiger partial charge in [0.15, 0.2) is 0 Å².